The van der Waals surface area contributed by atoms with Crippen molar-refractivity contribution in [3.05, 3.63) is 0 Å². The number of rotatable bonds is 1. The van der Waals surface area contributed by atoms with Crippen LogP contribution >= 0.6 is 12.4 Å². The number of nitrogens with zero attached hydrogens (tertiary/aromatic N) is 1. The van der Waals surface area contributed by atoms with Gasteiger partial charge in [-0.15, -0.1) is 12.4 Å². The maximum atomic E-state index is 12.7. The molecule has 2 N–H and O–H groups in total. The van der Waals surface area contributed by atoms with Crippen LogP contribution in [0.4, 0.5) is 13.2 Å². The topological polar surface area (TPSA) is 46.3 Å². The summed E-state index contributed by atoms with van der Waals surface area (Å²) >= 11 is 0. The molecule has 1 aliphatic heterocycles. The Bertz CT molecular complexity index is 329. The fourth-order valence-corrected chi connectivity index (χ4v) is 2.96. The Morgan fingerprint density at radius 3 is 2.32 bits per heavy atom. The molecule has 1 amide bonds. The van der Waals surface area contributed by atoms with Gasteiger partial charge in [0.05, 0.1) is 11.5 Å². The highest BCUT2D eigenvalue weighted by Gasteiger charge is 2.46. The van der Waals surface area contributed by atoms with Crippen LogP contribution in [0.3, 0.4) is 0 Å². The highest BCUT2D eigenvalue weighted by atomic mass is 35.5. The van der Waals surface area contributed by atoms with E-state index in [0.717, 1.165) is 12.8 Å². The number of alkyl halides is 3. The molecule has 1 saturated carbocycles. The van der Waals surface area contributed by atoms with Crippen molar-refractivity contribution >= 4 is 18.3 Å². The van der Waals surface area contributed by atoms with Crippen LogP contribution in [-0.2, 0) is 4.79 Å². The smallest absolute Gasteiger partial charge is 0.340 e. The summed E-state index contributed by atoms with van der Waals surface area (Å²) < 4.78 is 38.0. The first-order valence-corrected chi connectivity index (χ1v) is 6.48. The summed E-state index contributed by atoms with van der Waals surface area (Å²) in [5, 5.41) is 0. The predicted octanol–water partition coefficient (Wildman–Crippen LogP) is 2.48. The number of carbonyl (C=O) groups is 1. The van der Waals surface area contributed by atoms with Crippen molar-refractivity contribution in [3.8, 4) is 0 Å². The maximum Gasteiger partial charge on any atom is 0.393 e. The average molecular weight is 301 g/mol. The zero-order valence-corrected chi connectivity index (χ0v) is 11.5. The normalized spacial score (nSPS) is 26.9. The lowest BCUT2D eigenvalue weighted by atomic mass is 9.92. The summed E-state index contributed by atoms with van der Waals surface area (Å²) in [6, 6.07) is 0. The minimum atomic E-state index is -4.21. The highest BCUT2D eigenvalue weighted by molar-refractivity contribution is 5.86. The molecule has 3 nitrogen and oxygen atoms in total. The van der Waals surface area contributed by atoms with E-state index in [9.17, 15) is 18.0 Å². The number of hydrogen-bond acceptors (Lipinski definition) is 2. The molecule has 1 aliphatic carbocycles. The van der Waals surface area contributed by atoms with Crippen molar-refractivity contribution in [2.75, 3.05) is 13.1 Å². The minimum absolute atomic E-state index is 0. The summed E-state index contributed by atoms with van der Waals surface area (Å²) in [4.78, 5) is 13.6. The molecule has 1 atom stereocenters. The number of hydrogen-bond donors (Lipinski definition) is 1. The van der Waals surface area contributed by atoms with E-state index in [1.807, 2.05) is 0 Å². The molecule has 7 heteroatoms. The van der Waals surface area contributed by atoms with Gasteiger partial charge in [-0.1, -0.05) is 12.8 Å². The highest BCUT2D eigenvalue weighted by Crippen LogP contribution is 2.35. The van der Waals surface area contributed by atoms with Crippen LogP contribution in [0.2, 0.25) is 0 Å². The number of likely N-dealkylation sites (tertiary alicyclic amines) is 1. The van der Waals surface area contributed by atoms with Gasteiger partial charge in [-0.25, -0.2) is 0 Å². The van der Waals surface area contributed by atoms with Crippen LogP contribution in [0.15, 0.2) is 0 Å². The molecule has 0 radical (unpaired) electrons. The quantitative estimate of drug-likeness (QED) is 0.808. The zero-order valence-electron chi connectivity index (χ0n) is 10.7. The molecule has 1 heterocycles. The molecule has 0 aromatic carbocycles. The van der Waals surface area contributed by atoms with Gasteiger partial charge in [0.15, 0.2) is 0 Å². The summed E-state index contributed by atoms with van der Waals surface area (Å²) in [6.07, 6.45) is -0.719. The molecule has 2 fully saturated rings. The lowest BCUT2D eigenvalue weighted by molar-refractivity contribution is -0.189. The van der Waals surface area contributed by atoms with Crippen LogP contribution < -0.4 is 5.73 Å². The van der Waals surface area contributed by atoms with E-state index in [1.165, 1.54) is 4.90 Å². The van der Waals surface area contributed by atoms with Crippen LogP contribution in [0.5, 0.6) is 0 Å². The number of halogens is 4. The van der Waals surface area contributed by atoms with Crippen molar-refractivity contribution in [1.82, 2.24) is 4.90 Å². The molecule has 1 unspecified atom stereocenters. The molecule has 1 saturated heterocycles. The Balaban J connectivity index is 0.00000180. The van der Waals surface area contributed by atoms with Crippen LogP contribution in [-0.4, -0.2) is 35.6 Å². The van der Waals surface area contributed by atoms with E-state index >= 15 is 0 Å². The molecule has 0 bridgehead atoms. The third-order valence-corrected chi connectivity index (χ3v) is 4.09. The first-order valence-electron chi connectivity index (χ1n) is 6.48. The number of nitrogens with two attached hydrogens (primary N) is 1. The Kier molecular flexibility index (Phi) is 5.12. The Hall–Kier alpha value is -0.490. The molecular formula is C12H20ClF3N2O. The number of carbonyl (C=O) groups excluding carboxylic acids is 1. The van der Waals surface area contributed by atoms with E-state index in [4.69, 9.17) is 5.73 Å². The molecule has 0 aromatic heterocycles. The largest absolute Gasteiger partial charge is 0.393 e. The van der Waals surface area contributed by atoms with Crippen LogP contribution in [0.25, 0.3) is 0 Å². The third-order valence-electron chi connectivity index (χ3n) is 4.09. The van der Waals surface area contributed by atoms with Gasteiger partial charge in [-0.05, 0) is 25.7 Å². The molecule has 2 aliphatic rings. The fourth-order valence-electron chi connectivity index (χ4n) is 2.96. The lowest BCUT2D eigenvalue weighted by Crippen LogP contribution is -2.56. The van der Waals surface area contributed by atoms with Crippen molar-refractivity contribution in [3.63, 3.8) is 0 Å². The van der Waals surface area contributed by atoms with Gasteiger partial charge in [0, 0.05) is 13.1 Å². The van der Waals surface area contributed by atoms with Gasteiger partial charge in [0.1, 0.15) is 0 Å². The minimum Gasteiger partial charge on any atom is -0.340 e. The van der Waals surface area contributed by atoms with Gasteiger partial charge in [-0.3, -0.25) is 4.79 Å². The second-order valence-corrected chi connectivity index (χ2v) is 5.50. The van der Waals surface area contributed by atoms with Gasteiger partial charge in [0.2, 0.25) is 5.91 Å². The molecule has 2 rings (SSSR count). The molecular weight excluding hydrogens is 281 g/mol. The summed E-state index contributed by atoms with van der Waals surface area (Å²) in [7, 11) is 0. The van der Waals surface area contributed by atoms with E-state index < -0.39 is 17.6 Å². The molecule has 19 heavy (non-hydrogen) atoms. The second-order valence-electron chi connectivity index (χ2n) is 5.50. The van der Waals surface area contributed by atoms with Gasteiger partial charge in [0.25, 0.3) is 0 Å². The Morgan fingerprint density at radius 2 is 1.79 bits per heavy atom. The lowest BCUT2D eigenvalue weighted by Gasteiger charge is -2.38. The Labute approximate surface area is 117 Å². The standard InChI is InChI=1S/C12H19F3N2O.ClH/c13-12(14,15)9-4-3-7-17(8-9)10(18)11(16)5-1-2-6-11;/h9H,1-8,16H2;1H. The van der Waals surface area contributed by atoms with Crippen molar-refractivity contribution in [2.45, 2.75) is 50.2 Å². The van der Waals surface area contributed by atoms with Crippen molar-refractivity contribution in [2.24, 2.45) is 11.7 Å². The SMILES string of the molecule is Cl.NC1(C(=O)N2CCCC(C(F)(F)F)C2)CCCC1. The van der Waals surface area contributed by atoms with E-state index in [-0.39, 0.29) is 31.3 Å². The zero-order chi connectivity index (χ0) is 13.4. The van der Waals surface area contributed by atoms with E-state index in [2.05, 4.69) is 0 Å². The third kappa shape index (κ3) is 3.54. The Morgan fingerprint density at radius 1 is 1.21 bits per heavy atom. The second kappa shape index (κ2) is 5.87. The molecule has 0 aromatic rings. The number of amides is 1. The van der Waals surface area contributed by atoms with E-state index in [0.29, 0.717) is 25.8 Å². The van der Waals surface area contributed by atoms with Gasteiger partial charge in [-0.2, -0.15) is 13.2 Å². The van der Waals surface area contributed by atoms with Gasteiger partial charge < -0.3 is 10.6 Å². The average Bonchev–Trinajstić information content (AvgIpc) is 2.75. The van der Waals surface area contributed by atoms with Crippen molar-refractivity contribution < 1.29 is 18.0 Å². The predicted molar refractivity (Wildman–Crippen MR) is 68.0 cm³/mol. The fraction of sp³-hybridized carbons (Fsp3) is 0.917. The molecule has 112 valence electrons. The summed E-state index contributed by atoms with van der Waals surface area (Å²) in [6.45, 7) is 0.186. The van der Waals surface area contributed by atoms with Crippen molar-refractivity contribution in [1.29, 1.82) is 0 Å². The van der Waals surface area contributed by atoms with E-state index in [1.54, 1.807) is 0 Å². The summed E-state index contributed by atoms with van der Waals surface area (Å²) in [5.74, 6) is -1.67. The maximum absolute atomic E-state index is 12.7. The first kappa shape index (κ1) is 16.6. The monoisotopic (exact) mass is 300 g/mol. The number of piperidine rings is 1. The summed E-state index contributed by atoms with van der Waals surface area (Å²) in [5.41, 5.74) is 5.11. The first-order chi connectivity index (χ1) is 8.33. The molecule has 0 spiro atoms. The van der Waals surface area contributed by atoms with Crippen LogP contribution in [0.1, 0.15) is 38.5 Å². The van der Waals surface area contributed by atoms with Crippen LogP contribution in [0, 0.1) is 5.92 Å². The van der Waals surface area contributed by atoms with Gasteiger partial charge >= 0.3 is 6.18 Å².